The van der Waals surface area contributed by atoms with Crippen LogP contribution in [0.25, 0.3) is 0 Å². The van der Waals surface area contributed by atoms with Gasteiger partial charge in [-0.3, -0.25) is 4.79 Å². The van der Waals surface area contributed by atoms with E-state index in [0.717, 1.165) is 6.29 Å². The number of primary amides is 1. The summed E-state index contributed by atoms with van der Waals surface area (Å²) >= 11 is 0. The molecule has 2 heterocycles. The van der Waals surface area contributed by atoms with Crippen LogP contribution in [0.2, 0.25) is 0 Å². The van der Waals surface area contributed by atoms with Crippen molar-refractivity contribution < 1.29 is 14.3 Å². The Hall–Kier alpha value is -1.16. The summed E-state index contributed by atoms with van der Waals surface area (Å²) in [7, 11) is 0. The van der Waals surface area contributed by atoms with Gasteiger partial charge in [-0.15, -0.1) is 0 Å². The normalized spacial score (nSPS) is 43.3. The second-order valence-corrected chi connectivity index (χ2v) is 3.09. The number of carbonyl (C=O) groups excluding carboxylic acids is 2. The highest BCUT2D eigenvalue weighted by atomic mass is 16.5. The van der Waals surface area contributed by atoms with Gasteiger partial charge in [-0.05, 0) is 0 Å². The molecule has 2 aliphatic heterocycles. The average Bonchev–Trinajstić information content (AvgIpc) is 2.60. The van der Waals surface area contributed by atoms with Crippen molar-refractivity contribution in [3.05, 3.63) is 12.2 Å². The zero-order valence-corrected chi connectivity index (χ0v) is 6.34. The van der Waals surface area contributed by atoms with Crippen LogP contribution in [0.1, 0.15) is 0 Å². The van der Waals surface area contributed by atoms with Gasteiger partial charge in [0.1, 0.15) is 6.29 Å². The first-order valence-corrected chi connectivity index (χ1v) is 3.82. The smallest absolute Gasteiger partial charge is 0.224 e. The SMILES string of the molecule is NC(=O)C1C2C=CC(O2)C1C=O. The summed E-state index contributed by atoms with van der Waals surface area (Å²) in [6.07, 6.45) is 3.85. The largest absolute Gasteiger partial charge is 0.369 e. The molecule has 0 spiro atoms. The van der Waals surface area contributed by atoms with Crippen molar-refractivity contribution in [3.8, 4) is 0 Å². The number of fused-ring (bicyclic) bond motifs is 2. The lowest BCUT2D eigenvalue weighted by Crippen LogP contribution is -2.36. The fourth-order valence-corrected chi connectivity index (χ4v) is 1.85. The molecule has 4 atom stereocenters. The van der Waals surface area contributed by atoms with E-state index in [1.54, 1.807) is 6.08 Å². The van der Waals surface area contributed by atoms with Crippen molar-refractivity contribution in [2.24, 2.45) is 17.6 Å². The molecule has 12 heavy (non-hydrogen) atoms. The number of amides is 1. The molecule has 0 aromatic rings. The molecule has 4 nitrogen and oxygen atoms in total. The van der Waals surface area contributed by atoms with E-state index < -0.39 is 11.8 Å². The maximum Gasteiger partial charge on any atom is 0.224 e. The number of hydrogen-bond donors (Lipinski definition) is 1. The first-order valence-electron chi connectivity index (χ1n) is 3.82. The van der Waals surface area contributed by atoms with Gasteiger partial charge in [-0.25, -0.2) is 0 Å². The van der Waals surface area contributed by atoms with Crippen molar-refractivity contribution >= 4 is 12.2 Å². The van der Waals surface area contributed by atoms with E-state index >= 15 is 0 Å². The summed E-state index contributed by atoms with van der Waals surface area (Å²) in [5, 5.41) is 0. The Balaban J connectivity index is 2.28. The van der Waals surface area contributed by atoms with Crippen LogP contribution in [0.5, 0.6) is 0 Å². The van der Waals surface area contributed by atoms with Crippen LogP contribution in [0, 0.1) is 11.8 Å². The summed E-state index contributed by atoms with van der Waals surface area (Å²) in [4.78, 5) is 21.5. The molecule has 0 radical (unpaired) electrons. The lowest BCUT2D eigenvalue weighted by molar-refractivity contribution is -0.126. The molecule has 0 aromatic carbocycles. The van der Waals surface area contributed by atoms with E-state index in [-0.39, 0.29) is 18.1 Å². The van der Waals surface area contributed by atoms with Crippen LogP contribution >= 0.6 is 0 Å². The number of ether oxygens (including phenoxy) is 1. The molecule has 4 unspecified atom stereocenters. The number of nitrogens with two attached hydrogens (primary N) is 1. The minimum absolute atomic E-state index is 0.231. The minimum atomic E-state index is -0.461. The first kappa shape index (κ1) is 7.49. The third kappa shape index (κ3) is 0.814. The molecule has 0 aliphatic carbocycles. The molecule has 2 N–H and O–H groups in total. The first-order chi connectivity index (χ1) is 5.74. The van der Waals surface area contributed by atoms with Crippen LogP contribution in [0.3, 0.4) is 0 Å². The second-order valence-electron chi connectivity index (χ2n) is 3.09. The Kier molecular flexibility index (Phi) is 1.51. The van der Waals surface area contributed by atoms with E-state index in [1.165, 1.54) is 0 Å². The van der Waals surface area contributed by atoms with E-state index in [9.17, 15) is 9.59 Å². The summed E-state index contributed by atoms with van der Waals surface area (Å²) in [5.74, 6) is -1.29. The van der Waals surface area contributed by atoms with Crippen LogP contribution in [0.4, 0.5) is 0 Å². The third-order valence-electron chi connectivity index (χ3n) is 2.44. The summed E-state index contributed by atoms with van der Waals surface area (Å²) in [6, 6.07) is 0. The Bertz CT molecular complexity index is 261. The van der Waals surface area contributed by atoms with Gasteiger partial charge in [-0.1, -0.05) is 12.2 Å². The standard InChI is InChI=1S/C8H9NO3/c9-8(11)7-4(3-10)5-1-2-6(7)12-5/h1-7H,(H2,9,11). The summed E-state index contributed by atoms with van der Waals surface area (Å²) in [5.41, 5.74) is 5.14. The van der Waals surface area contributed by atoms with Gasteiger partial charge in [0.25, 0.3) is 0 Å². The molecule has 1 amide bonds. The zero-order chi connectivity index (χ0) is 8.72. The van der Waals surface area contributed by atoms with Crippen LogP contribution in [-0.2, 0) is 14.3 Å². The number of carbonyl (C=O) groups is 2. The summed E-state index contributed by atoms with van der Waals surface area (Å²) < 4.78 is 5.31. The topological polar surface area (TPSA) is 69.4 Å². The van der Waals surface area contributed by atoms with Crippen LogP contribution < -0.4 is 5.73 Å². The molecule has 1 fully saturated rings. The molecule has 0 saturated carbocycles. The van der Waals surface area contributed by atoms with Gasteiger partial charge in [0.05, 0.1) is 24.0 Å². The van der Waals surface area contributed by atoms with Gasteiger partial charge in [0, 0.05) is 0 Å². The highest BCUT2D eigenvalue weighted by Gasteiger charge is 2.48. The van der Waals surface area contributed by atoms with E-state index in [2.05, 4.69) is 0 Å². The molecule has 0 aromatic heterocycles. The van der Waals surface area contributed by atoms with Crippen LogP contribution in [0.15, 0.2) is 12.2 Å². The number of aldehydes is 1. The Morgan fingerprint density at radius 3 is 2.58 bits per heavy atom. The molecule has 4 heteroatoms. The van der Waals surface area contributed by atoms with Crippen molar-refractivity contribution in [2.75, 3.05) is 0 Å². The van der Waals surface area contributed by atoms with Gasteiger partial charge < -0.3 is 15.3 Å². The van der Waals surface area contributed by atoms with Crippen molar-refractivity contribution in [2.45, 2.75) is 12.2 Å². The quantitative estimate of drug-likeness (QED) is 0.434. The van der Waals surface area contributed by atoms with Crippen molar-refractivity contribution in [3.63, 3.8) is 0 Å². The van der Waals surface area contributed by atoms with Gasteiger partial charge in [0.15, 0.2) is 0 Å². The van der Waals surface area contributed by atoms with Crippen molar-refractivity contribution in [1.82, 2.24) is 0 Å². The third-order valence-corrected chi connectivity index (χ3v) is 2.44. The van der Waals surface area contributed by atoms with E-state index in [0.29, 0.717) is 0 Å². The predicted molar refractivity (Wildman–Crippen MR) is 40.0 cm³/mol. The minimum Gasteiger partial charge on any atom is -0.369 e. The Labute approximate surface area is 69.4 Å². The highest BCUT2D eigenvalue weighted by molar-refractivity contribution is 5.82. The lowest BCUT2D eigenvalue weighted by Gasteiger charge is -2.16. The monoisotopic (exact) mass is 167 g/mol. The Morgan fingerprint density at radius 2 is 2.08 bits per heavy atom. The van der Waals surface area contributed by atoms with Gasteiger partial charge in [-0.2, -0.15) is 0 Å². The molecule has 2 bridgehead atoms. The summed E-state index contributed by atoms with van der Waals surface area (Å²) in [6.45, 7) is 0. The lowest BCUT2D eigenvalue weighted by atomic mass is 9.84. The van der Waals surface area contributed by atoms with E-state index in [1.807, 2.05) is 6.08 Å². The van der Waals surface area contributed by atoms with Gasteiger partial charge >= 0.3 is 0 Å². The maximum atomic E-state index is 10.9. The fourth-order valence-electron chi connectivity index (χ4n) is 1.85. The van der Waals surface area contributed by atoms with E-state index in [4.69, 9.17) is 10.5 Å². The highest BCUT2D eigenvalue weighted by Crippen LogP contribution is 2.37. The predicted octanol–water partition coefficient (Wildman–Crippen LogP) is -0.760. The van der Waals surface area contributed by atoms with Crippen LogP contribution in [-0.4, -0.2) is 24.4 Å². The molecular weight excluding hydrogens is 158 g/mol. The number of hydrogen-bond acceptors (Lipinski definition) is 3. The average molecular weight is 167 g/mol. The zero-order valence-electron chi connectivity index (χ0n) is 6.34. The molecule has 64 valence electrons. The molecule has 1 saturated heterocycles. The molecular formula is C8H9NO3. The van der Waals surface area contributed by atoms with Crippen molar-refractivity contribution in [1.29, 1.82) is 0 Å². The molecule has 2 aliphatic rings. The Morgan fingerprint density at radius 1 is 1.42 bits per heavy atom. The maximum absolute atomic E-state index is 10.9. The fraction of sp³-hybridized carbons (Fsp3) is 0.500. The molecule has 2 rings (SSSR count). The number of rotatable bonds is 2. The van der Waals surface area contributed by atoms with Gasteiger partial charge in [0.2, 0.25) is 5.91 Å². The second kappa shape index (κ2) is 2.42.